The lowest BCUT2D eigenvalue weighted by Crippen LogP contribution is -2.39. The summed E-state index contributed by atoms with van der Waals surface area (Å²) in [7, 11) is 3.83. The number of rotatable bonds is 5. The molecule has 0 amide bonds. The summed E-state index contributed by atoms with van der Waals surface area (Å²) in [5.41, 5.74) is 1.25. The van der Waals surface area contributed by atoms with Gasteiger partial charge >= 0.3 is 0 Å². The van der Waals surface area contributed by atoms with Crippen molar-refractivity contribution in [3.8, 4) is 0 Å². The molecule has 2 rings (SSSR count). The van der Waals surface area contributed by atoms with Crippen molar-refractivity contribution in [3.05, 3.63) is 52.8 Å². The van der Waals surface area contributed by atoms with Gasteiger partial charge in [-0.15, -0.1) is 24.0 Å². The largest absolute Gasteiger partial charge is 0.354 e. The predicted octanol–water partition coefficient (Wildman–Crippen LogP) is 2.97. The molecule has 7 heteroatoms. The summed E-state index contributed by atoms with van der Waals surface area (Å²) in [6.45, 7) is 2.42. The van der Waals surface area contributed by atoms with Gasteiger partial charge in [-0.3, -0.25) is 9.67 Å². The Hall–Kier alpha value is -1.09. The molecule has 0 bridgehead atoms. The average Bonchev–Trinajstić information content (AvgIpc) is 2.99. The number of nitrogens with one attached hydrogen (secondary N) is 1. The molecule has 5 nitrogen and oxygen atoms in total. The Morgan fingerprint density at radius 3 is 2.68 bits per heavy atom. The van der Waals surface area contributed by atoms with Gasteiger partial charge in [0.25, 0.3) is 0 Å². The molecule has 0 aliphatic heterocycles. The van der Waals surface area contributed by atoms with Gasteiger partial charge in [-0.25, -0.2) is 0 Å². The number of hydrogen-bond acceptors (Lipinski definition) is 2. The lowest BCUT2D eigenvalue weighted by molar-refractivity contribution is 0.470. The van der Waals surface area contributed by atoms with E-state index in [-0.39, 0.29) is 24.0 Å². The molecule has 0 aliphatic rings. The van der Waals surface area contributed by atoms with Crippen molar-refractivity contribution in [2.75, 3.05) is 20.6 Å². The van der Waals surface area contributed by atoms with Crippen LogP contribution in [0.1, 0.15) is 5.56 Å². The molecule has 0 saturated carbocycles. The molecule has 1 aromatic heterocycles. The molecule has 0 saturated heterocycles. The van der Waals surface area contributed by atoms with Crippen molar-refractivity contribution in [1.82, 2.24) is 20.0 Å². The van der Waals surface area contributed by atoms with E-state index in [2.05, 4.69) is 60.5 Å². The summed E-state index contributed by atoms with van der Waals surface area (Å²) >= 11 is 3.45. The standard InChI is InChI=1S/C15H20BrN5.HI/c1-17-15(18-9-11-21-10-3-8-19-21)20(2)12-13-4-6-14(16)7-5-13;/h3-8,10H,9,11-12H2,1-2H3,(H,17,18);1H. The first kappa shape index (κ1) is 19.0. The van der Waals surface area contributed by atoms with E-state index < -0.39 is 0 Å². The number of hydrogen-bond donors (Lipinski definition) is 1. The molecule has 0 atom stereocenters. The molecule has 0 fully saturated rings. The van der Waals surface area contributed by atoms with Gasteiger partial charge in [0.05, 0.1) is 6.54 Å². The number of aromatic nitrogens is 2. The summed E-state index contributed by atoms with van der Waals surface area (Å²) in [6, 6.07) is 10.2. The number of guanidine groups is 1. The van der Waals surface area contributed by atoms with Gasteiger partial charge in [-0.05, 0) is 23.8 Å². The summed E-state index contributed by atoms with van der Waals surface area (Å²) < 4.78 is 2.99. The predicted molar refractivity (Wildman–Crippen MR) is 105 cm³/mol. The number of nitrogens with zero attached hydrogens (tertiary/aromatic N) is 4. The van der Waals surface area contributed by atoms with Crippen LogP contribution in [0, 0.1) is 0 Å². The minimum Gasteiger partial charge on any atom is -0.354 e. The third kappa shape index (κ3) is 5.96. The summed E-state index contributed by atoms with van der Waals surface area (Å²) in [5.74, 6) is 0.880. The maximum absolute atomic E-state index is 4.31. The Morgan fingerprint density at radius 1 is 1.36 bits per heavy atom. The van der Waals surface area contributed by atoms with Crippen LogP contribution in [0.5, 0.6) is 0 Å². The van der Waals surface area contributed by atoms with Gasteiger partial charge in [-0.2, -0.15) is 5.10 Å². The number of halogens is 2. The molecule has 1 N–H and O–H groups in total. The third-order valence-electron chi connectivity index (χ3n) is 3.09. The van der Waals surface area contributed by atoms with Crippen LogP contribution in [-0.4, -0.2) is 41.3 Å². The zero-order valence-corrected chi connectivity index (χ0v) is 16.7. The van der Waals surface area contributed by atoms with E-state index >= 15 is 0 Å². The van der Waals surface area contributed by atoms with Crippen molar-refractivity contribution in [1.29, 1.82) is 0 Å². The zero-order chi connectivity index (χ0) is 15.1. The minimum absolute atomic E-state index is 0. The molecule has 0 aliphatic carbocycles. The van der Waals surface area contributed by atoms with Crippen LogP contribution in [0.4, 0.5) is 0 Å². The van der Waals surface area contributed by atoms with E-state index in [1.165, 1.54) is 5.56 Å². The Kier molecular flexibility index (Phi) is 8.47. The molecule has 1 aromatic carbocycles. The van der Waals surface area contributed by atoms with Crippen molar-refractivity contribution in [3.63, 3.8) is 0 Å². The van der Waals surface area contributed by atoms with Crippen LogP contribution < -0.4 is 5.32 Å². The first-order valence-electron chi connectivity index (χ1n) is 6.82. The highest BCUT2D eigenvalue weighted by atomic mass is 127. The van der Waals surface area contributed by atoms with Gasteiger partial charge < -0.3 is 10.2 Å². The van der Waals surface area contributed by atoms with Crippen LogP contribution in [0.2, 0.25) is 0 Å². The zero-order valence-electron chi connectivity index (χ0n) is 12.7. The van der Waals surface area contributed by atoms with E-state index in [1.54, 1.807) is 13.2 Å². The van der Waals surface area contributed by atoms with Gasteiger partial charge in [0.2, 0.25) is 0 Å². The normalized spacial score (nSPS) is 11.0. The first-order chi connectivity index (χ1) is 10.2. The number of benzene rings is 1. The first-order valence-corrected chi connectivity index (χ1v) is 7.62. The molecule has 0 spiro atoms. The second-order valence-electron chi connectivity index (χ2n) is 4.73. The third-order valence-corrected chi connectivity index (χ3v) is 3.62. The Balaban J connectivity index is 0.00000242. The van der Waals surface area contributed by atoms with Crippen molar-refractivity contribution in [2.24, 2.45) is 4.99 Å². The fraction of sp³-hybridized carbons (Fsp3) is 0.333. The van der Waals surface area contributed by atoms with Gasteiger partial charge in [-0.1, -0.05) is 28.1 Å². The van der Waals surface area contributed by atoms with Gasteiger partial charge in [0, 0.05) is 44.1 Å². The average molecular weight is 478 g/mol. The van der Waals surface area contributed by atoms with Crippen LogP contribution in [0.3, 0.4) is 0 Å². The second kappa shape index (κ2) is 9.83. The Labute approximate surface area is 157 Å². The van der Waals surface area contributed by atoms with Crippen molar-refractivity contribution in [2.45, 2.75) is 13.1 Å². The lowest BCUT2D eigenvalue weighted by atomic mass is 10.2. The van der Waals surface area contributed by atoms with Crippen LogP contribution in [0.25, 0.3) is 0 Å². The molecule has 2 aromatic rings. The summed E-state index contributed by atoms with van der Waals surface area (Å²) in [4.78, 5) is 6.42. The highest BCUT2D eigenvalue weighted by Gasteiger charge is 2.06. The van der Waals surface area contributed by atoms with E-state index in [9.17, 15) is 0 Å². The fourth-order valence-electron chi connectivity index (χ4n) is 2.04. The van der Waals surface area contributed by atoms with Gasteiger partial charge in [0.15, 0.2) is 5.96 Å². The highest BCUT2D eigenvalue weighted by Crippen LogP contribution is 2.11. The maximum atomic E-state index is 4.31. The quantitative estimate of drug-likeness (QED) is 0.409. The van der Waals surface area contributed by atoms with E-state index in [0.29, 0.717) is 0 Å². The van der Waals surface area contributed by atoms with Crippen LogP contribution in [-0.2, 0) is 13.1 Å². The van der Waals surface area contributed by atoms with Crippen molar-refractivity contribution >= 4 is 45.9 Å². The van der Waals surface area contributed by atoms with Gasteiger partial charge in [0.1, 0.15) is 0 Å². The van der Waals surface area contributed by atoms with Crippen LogP contribution >= 0.6 is 39.9 Å². The summed E-state index contributed by atoms with van der Waals surface area (Å²) in [5, 5.41) is 7.52. The molecule has 120 valence electrons. The molecule has 1 heterocycles. The fourth-order valence-corrected chi connectivity index (χ4v) is 2.30. The van der Waals surface area contributed by atoms with E-state index in [0.717, 1.165) is 30.1 Å². The molecule has 0 unspecified atom stereocenters. The monoisotopic (exact) mass is 477 g/mol. The van der Waals surface area contributed by atoms with Crippen molar-refractivity contribution < 1.29 is 0 Å². The molecular formula is C15H21BrIN5. The molecular weight excluding hydrogens is 457 g/mol. The number of aliphatic imine (C=N–C) groups is 1. The highest BCUT2D eigenvalue weighted by molar-refractivity contribution is 14.0. The summed E-state index contributed by atoms with van der Waals surface area (Å²) in [6.07, 6.45) is 3.74. The Morgan fingerprint density at radius 2 is 2.09 bits per heavy atom. The maximum Gasteiger partial charge on any atom is 0.193 e. The molecule has 22 heavy (non-hydrogen) atoms. The van der Waals surface area contributed by atoms with E-state index in [4.69, 9.17) is 0 Å². The topological polar surface area (TPSA) is 45.5 Å². The molecule has 0 radical (unpaired) electrons. The van der Waals surface area contributed by atoms with E-state index in [1.807, 2.05) is 24.0 Å². The minimum atomic E-state index is 0. The lowest BCUT2D eigenvalue weighted by Gasteiger charge is -2.22. The van der Waals surface area contributed by atoms with Crippen LogP contribution in [0.15, 0.2) is 52.2 Å². The second-order valence-corrected chi connectivity index (χ2v) is 5.64. The SMILES string of the molecule is CN=C(NCCn1cccn1)N(C)Cc1ccc(Br)cc1.I. The Bertz CT molecular complexity index is 568. The smallest absolute Gasteiger partial charge is 0.193 e.